The summed E-state index contributed by atoms with van der Waals surface area (Å²) < 4.78 is 24.8. The highest BCUT2D eigenvalue weighted by molar-refractivity contribution is 9.10. The Kier molecular flexibility index (Phi) is 3.49. The van der Waals surface area contributed by atoms with E-state index in [2.05, 4.69) is 20.9 Å². The molecule has 0 aliphatic heterocycles. The largest absolute Gasteiger partial charge is 0.326 e. The second-order valence-corrected chi connectivity index (χ2v) is 3.23. The maximum atomic E-state index is 12.3. The number of nitrogens with two attached hydrogens (primary N) is 1. The van der Waals surface area contributed by atoms with Crippen LogP contribution in [0.1, 0.15) is 23.2 Å². The summed E-state index contributed by atoms with van der Waals surface area (Å²) in [7, 11) is 0. The number of alkyl halides is 2. The zero-order valence-electron chi connectivity index (χ0n) is 6.97. The van der Waals surface area contributed by atoms with E-state index in [0.29, 0.717) is 5.56 Å². The smallest absolute Gasteiger partial charge is 0.280 e. The molecule has 0 amide bonds. The fourth-order valence-electron chi connectivity index (χ4n) is 0.965. The van der Waals surface area contributed by atoms with E-state index in [1.807, 2.05) is 0 Å². The summed E-state index contributed by atoms with van der Waals surface area (Å²) in [5, 5.41) is 8.68. The fraction of sp³-hybridized carbons (Fsp3) is 0.250. The van der Waals surface area contributed by atoms with Crippen LogP contribution in [0.3, 0.4) is 0 Å². The maximum Gasteiger partial charge on any atom is 0.280 e. The number of nitrogens with zero attached hydrogens (tertiary/aromatic N) is 2. The number of rotatable bonds is 2. The normalized spacial score (nSPS) is 10.3. The summed E-state index contributed by atoms with van der Waals surface area (Å²) in [6, 6.07) is 2.85. The molecule has 0 aliphatic rings. The molecule has 2 N–H and O–H groups in total. The predicted molar refractivity (Wildman–Crippen MR) is 49.5 cm³/mol. The SMILES string of the molecule is N#Cc1cc(C(F)F)nc(Br)c1CN. The molecule has 0 fully saturated rings. The van der Waals surface area contributed by atoms with Crippen LogP contribution < -0.4 is 5.73 Å². The molecule has 0 aliphatic carbocycles. The van der Waals surface area contributed by atoms with E-state index in [9.17, 15) is 8.78 Å². The van der Waals surface area contributed by atoms with Crippen LogP contribution >= 0.6 is 15.9 Å². The monoisotopic (exact) mass is 261 g/mol. The number of aromatic nitrogens is 1. The number of pyridine rings is 1. The number of hydrogen-bond donors (Lipinski definition) is 1. The van der Waals surface area contributed by atoms with Gasteiger partial charge in [0.2, 0.25) is 0 Å². The third-order valence-corrected chi connectivity index (χ3v) is 2.30. The molecule has 14 heavy (non-hydrogen) atoms. The van der Waals surface area contributed by atoms with Gasteiger partial charge in [-0.15, -0.1) is 0 Å². The van der Waals surface area contributed by atoms with E-state index in [1.165, 1.54) is 0 Å². The quantitative estimate of drug-likeness (QED) is 0.830. The van der Waals surface area contributed by atoms with Gasteiger partial charge in [-0.2, -0.15) is 5.26 Å². The van der Waals surface area contributed by atoms with Crippen molar-refractivity contribution in [3.05, 3.63) is 27.5 Å². The summed E-state index contributed by atoms with van der Waals surface area (Å²) in [6.45, 7) is 0.0833. The van der Waals surface area contributed by atoms with Crippen molar-refractivity contribution in [3.8, 4) is 6.07 Å². The lowest BCUT2D eigenvalue weighted by Crippen LogP contribution is -2.04. The Balaban J connectivity index is 3.33. The van der Waals surface area contributed by atoms with Crippen LogP contribution in [-0.2, 0) is 6.54 Å². The predicted octanol–water partition coefficient (Wildman–Crippen LogP) is 2.11. The molecule has 0 bridgehead atoms. The Labute approximate surface area is 87.7 Å². The second-order valence-electron chi connectivity index (χ2n) is 2.48. The van der Waals surface area contributed by atoms with Gasteiger partial charge in [-0.1, -0.05) is 0 Å². The molecule has 0 atom stereocenters. The highest BCUT2D eigenvalue weighted by atomic mass is 79.9. The van der Waals surface area contributed by atoms with Crippen molar-refractivity contribution in [2.24, 2.45) is 5.73 Å². The van der Waals surface area contributed by atoms with Gasteiger partial charge >= 0.3 is 0 Å². The Morgan fingerprint density at radius 2 is 2.29 bits per heavy atom. The van der Waals surface area contributed by atoms with Crippen molar-refractivity contribution in [1.82, 2.24) is 4.98 Å². The van der Waals surface area contributed by atoms with E-state index < -0.39 is 12.1 Å². The molecule has 1 heterocycles. The Bertz CT molecular complexity index is 387. The van der Waals surface area contributed by atoms with Crippen LogP contribution in [0, 0.1) is 11.3 Å². The summed E-state index contributed by atoms with van der Waals surface area (Å²) in [5.74, 6) is 0. The molecule has 3 nitrogen and oxygen atoms in total. The summed E-state index contributed by atoms with van der Waals surface area (Å²) in [6.07, 6.45) is -2.69. The first-order chi connectivity index (χ1) is 6.60. The van der Waals surface area contributed by atoms with Gasteiger partial charge in [-0.05, 0) is 22.0 Å². The van der Waals surface area contributed by atoms with E-state index in [0.717, 1.165) is 6.07 Å². The minimum absolute atomic E-state index is 0.0833. The molecule has 0 saturated carbocycles. The number of nitriles is 1. The minimum atomic E-state index is -2.69. The van der Waals surface area contributed by atoms with Crippen LogP contribution in [0.25, 0.3) is 0 Å². The van der Waals surface area contributed by atoms with E-state index in [1.54, 1.807) is 6.07 Å². The third-order valence-electron chi connectivity index (χ3n) is 1.64. The molecular formula is C8H6BrF2N3. The molecule has 0 saturated heterocycles. The summed E-state index contributed by atoms with van der Waals surface area (Å²) >= 11 is 2.99. The van der Waals surface area contributed by atoms with Gasteiger partial charge in [0.15, 0.2) is 0 Å². The van der Waals surface area contributed by atoms with Crippen molar-refractivity contribution >= 4 is 15.9 Å². The van der Waals surface area contributed by atoms with Crippen molar-refractivity contribution in [1.29, 1.82) is 5.26 Å². The first-order valence-electron chi connectivity index (χ1n) is 3.67. The van der Waals surface area contributed by atoms with Crippen molar-refractivity contribution in [2.45, 2.75) is 13.0 Å². The van der Waals surface area contributed by atoms with Gasteiger partial charge in [0, 0.05) is 12.1 Å². The highest BCUT2D eigenvalue weighted by Crippen LogP contribution is 2.24. The van der Waals surface area contributed by atoms with Gasteiger partial charge in [0.25, 0.3) is 6.43 Å². The second kappa shape index (κ2) is 4.44. The first-order valence-corrected chi connectivity index (χ1v) is 4.47. The van der Waals surface area contributed by atoms with Crippen molar-refractivity contribution < 1.29 is 8.78 Å². The van der Waals surface area contributed by atoms with Crippen molar-refractivity contribution in [3.63, 3.8) is 0 Å². The molecule has 0 aromatic carbocycles. The maximum absolute atomic E-state index is 12.3. The van der Waals surface area contributed by atoms with E-state index in [4.69, 9.17) is 11.0 Å². The molecular weight excluding hydrogens is 256 g/mol. The van der Waals surface area contributed by atoms with Gasteiger partial charge < -0.3 is 5.73 Å². The zero-order valence-corrected chi connectivity index (χ0v) is 8.55. The molecule has 6 heteroatoms. The van der Waals surface area contributed by atoms with Gasteiger partial charge in [-0.3, -0.25) is 0 Å². The molecule has 1 aromatic rings. The van der Waals surface area contributed by atoms with E-state index in [-0.39, 0.29) is 16.7 Å². The van der Waals surface area contributed by atoms with Gasteiger partial charge in [0.05, 0.1) is 11.6 Å². The topological polar surface area (TPSA) is 62.7 Å². The highest BCUT2D eigenvalue weighted by Gasteiger charge is 2.15. The molecule has 0 unspecified atom stereocenters. The lowest BCUT2D eigenvalue weighted by atomic mass is 10.1. The van der Waals surface area contributed by atoms with Crippen LogP contribution in [0.5, 0.6) is 0 Å². The lowest BCUT2D eigenvalue weighted by molar-refractivity contribution is 0.146. The average molecular weight is 262 g/mol. The first kappa shape index (κ1) is 11.0. The lowest BCUT2D eigenvalue weighted by Gasteiger charge is -2.06. The van der Waals surface area contributed by atoms with Gasteiger partial charge in [-0.25, -0.2) is 13.8 Å². The molecule has 0 spiro atoms. The molecule has 74 valence electrons. The number of hydrogen-bond acceptors (Lipinski definition) is 3. The Morgan fingerprint density at radius 1 is 1.64 bits per heavy atom. The molecule has 0 radical (unpaired) electrons. The van der Waals surface area contributed by atoms with Crippen LogP contribution in [0.15, 0.2) is 10.7 Å². The van der Waals surface area contributed by atoms with Crippen molar-refractivity contribution in [2.75, 3.05) is 0 Å². The third kappa shape index (κ3) is 2.05. The van der Waals surface area contributed by atoms with Gasteiger partial charge in [0.1, 0.15) is 10.3 Å². The summed E-state index contributed by atoms with van der Waals surface area (Å²) in [4.78, 5) is 3.59. The van der Waals surface area contributed by atoms with E-state index >= 15 is 0 Å². The summed E-state index contributed by atoms with van der Waals surface area (Å²) in [5.41, 5.74) is 5.49. The minimum Gasteiger partial charge on any atom is -0.326 e. The van der Waals surface area contributed by atoms with Crippen LogP contribution in [-0.4, -0.2) is 4.98 Å². The number of halogens is 3. The molecule has 1 rings (SSSR count). The van der Waals surface area contributed by atoms with Crippen LogP contribution in [0.4, 0.5) is 8.78 Å². The van der Waals surface area contributed by atoms with Crippen LogP contribution in [0.2, 0.25) is 0 Å². The Hall–Kier alpha value is -1.06. The standard InChI is InChI=1S/C8H6BrF2N3/c9-7-5(3-13)4(2-12)1-6(14-7)8(10)11/h1,8H,3,13H2. The fourth-order valence-corrected chi connectivity index (χ4v) is 1.55. The zero-order chi connectivity index (χ0) is 10.7. The average Bonchev–Trinajstić information content (AvgIpc) is 2.16. The molecule has 1 aromatic heterocycles. The Morgan fingerprint density at radius 3 is 2.71 bits per heavy atom.